The summed E-state index contributed by atoms with van der Waals surface area (Å²) in [5.41, 5.74) is 1.73. The van der Waals surface area contributed by atoms with Crippen molar-refractivity contribution in [1.82, 2.24) is 9.97 Å². The second kappa shape index (κ2) is 3.37. The average Bonchev–Trinajstić information content (AvgIpc) is 2.79. The molecule has 0 aliphatic heterocycles. The summed E-state index contributed by atoms with van der Waals surface area (Å²) in [5, 5.41) is 11.9. The number of carboxylic acids is 1. The van der Waals surface area contributed by atoms with Crippen LogP contribution in [0, 0.1) is 5.41 Å². The Balaban J connectivity index is 2.10. The molecule has 4 heteroatoms. The Morgan fingerprint density at radius 1 is 1.25 bits per heavy atom. The first-order valence-electron chi connectivity index (χ1n) is 6.97. The van der Waals surface area contributed by atoms with Crippen LogP contribution in [0.5, 0.6) is 0 Å². The van der Waals surface area contributed by atoms with E-state index < -0.39 is 11.4 Å². The molecule has 0 unspecified atom stereocenters. The summed E-state index contributed by atoms with van der Waals surface area (Å²) >= 11 is 0. The van der Waals surface area contributed by atoms with Gasteiger partial charge in [-0.15, -0.1) is 0 Å². The zero-order chi connectivity index (χ0) is 14.1. The molecule has 1 aromatic heterocycles. The third-order valence-corrected chi connectivity index (χ3v) is 5.46. The number of carbonyl (C=O) groups is 1. The number of nitrogens with zero attached hydrogens (tertiary/aromatic N) is 2. The molecule has 0 N–H and O–H groups in total. The van der Waals surface area contributed by atoms with Gasteiger partial charge in [0.15, 0.2) is 0 Å². The van der Waals surface area contributed by atoms with Crippen LogP contribution in [0.4, 0.5) is 0 Å². The molecule has 4 nitrogen and oxygen atoms in total. The normalized spacial score (nSPS) is 29.6. The van der Waals surface area contributed by atoms with E-state index in [4.69, 9.17) is 4.98 Å². The molecule has 0 amide bonds. The van der Waals surface area contributed by atoms with Crippen molar-refractivity contribution in [2.75, 3.05) is 0 Å². The summed E-state index contributed by atoms with van der Waals surface area (Å²) in [5.74, 6) is -0.846. The largest absolute Gasteiger partial charge is 0.549 e. The molecule has 0 saturated heterocycles. The number of aromatic nitrogens is 2. The highest BCUT2D eigenvalue weighted by molar-refractivity contribution is 5.85. The number of hydrogen-bond donors (Lipinski definition) is 0. The fraction of sp³-hybridized carbons (Fsp3) is 0.438. The number of fused-ring (bicyclic) bond motifs is 6. The SMILES string of the molecule is CC1(C)[C@@H]2CC[C@@]1(C(=O)[O-])c1nc3ccccc3nc12. The predicted octanol–water partition coefficient (Wildman–Crippen LogP) is 1.53. The van der Waals surface area contributed by atoms with Crippen molar-refractivity contribution in [3.05, 3.63) is 35.7 Å². The van der Waals surface area contributed by atoms with Crippen molar-refractivity contribution in [3.8, 4) is 0 Å². The van der Waals surface area contributed by atoms with Gasteiger partial charge in [0.2, 0.25) is 0 Å². The van der Waals surface area contributed by atoms with E-state index in [9.17, 15) is 9.90 Å². The highest BCUT2D eigenvalue weighted by Gasteiger charge is 2.64. The van der Waals surface area contributed by atoms with E-state index >= 15 is 0 Å². The Hall–Kier alpha value is -1.97. The van der Waals surface area contributed by atoms with E-state index in [1.54, 1.807) is 0 Å². The molecular weight excluding hydrogens is 252 g/mol. The summed E-state index contributed by atoms with van der Waals surface area (Å²) in [6.45, 7) is 4.02. The molecular formula is C16H15N2O2-. The average molecular weight is 267 g/mol. The van der Waals surface area contributed by atoms with E-state index in [1.165, 1.54) is 0 Å². The van der Waals surface area contributed by atoms with E-state index in [-0.39, 0.29) is 11.3 Å². The maximum Gasteiger partial charge on any atom is 0.0890 e. The molecule has 2 bridgehead atoms. The molecule has 2 aliphatic carbocycles. The van der Waals surface area contributed by atoms with Gasteiger partial charge in [0, 0.05) is 5.92 Å². The molecule has 2 atom stereocenters. The molecule has 2 aliphatic rings. The maximum absolute atomic E-state index is 11.9. The lowest BCUT2D eigenvalue weighted by molar-refractivity contribution is -0.317. The summed E-state index contributed by atoms with van der Waals surface area (Å²) in [6, 6.07) is 7.63. The predicted molar refractivity (Wildman–Crippen MR) is 72.0 cm³/mol. The lowest BCUT2D eigenvalue weighted by Crippen LogP contribution is -2.51. The van der Waals surface area contributed by atoms with Gasteiger partial charge in [0.1, 0.15) is 0 Å². The van der Waals surface area contributed by atoms with Crippen LogP contribution >= 0.6 is 0 Å². The monoisotopic (exact) mass is 267 g/mol. The van der Waals surface area contributed by atoms with Crippen molar-refractivity contribution in [2.45, 2.75) is 38.0 Å². The number of hydrogen-bond acceptors (Lipinski definition) is 4. The minimum absolute atomic E-state index is 0.160. The van der Waals surface area contributed by atoms with Crippen LogP contribution in [0.2, 0.25) is 0 Å². The fourth-order valence-corrected chi connectivity index (χ4v) is 4.28. The zero-order valence-corrected chi connectivity index (χ0v) is 11.5. The molecule has 102 valence electrons. The fourth-order valence-electron chi connectivity index (χ4n) is 4.28. The molecule has 20 heavy (non-hydrogen) atoms. The first-order valence-corrected chi connectivity index (χ1v) is 6.97. The molecule has 1 aromatic carbocycles. The second-order valence-corrected chi connectivity index (χ2v) is 6.45. The second-order valence-electron chi connectivity index (χ2n) is 6.45. The number of carbonyl (C=O) groups excluding carboxylic acids is 1. The van der Waals surface area contributed by atoms with Crippen LogP contribution < -0.4 is 5.11 Å². The quantitative estimate of drug-likeness (QED) is 0.786. The zero-order valence-electron chi connectivity index (χ0n) is 11.5. The van der Waals surface area contributed by atoms with Crippen LogP contribution in [-0.4, -0.2) is 15.9 Å². The Morgan fingerprint density at radius 2 is 1.90 bits per heavy atom. The smallest absolute Gasteiger partial charge is 0.0890 e. The molecule has 0 spiro atoms. The molecule has 0 radical (unpaired) electrons. The Morgan fingerprint density at radius 3 is 2.55 bits per heavy atom. The topological polar surface area (TPSA) is 65.9 Å². The van der Waals surface area contributed by atoms with Crippen molar-refractivity contribution >= 4 is 17.0 Å². The first kappa shape index (κ1) is 11.8. The van der Waals surface area contributed by atoms with Gasteiger partial charge in [-0.25, -0.2) is 9.97 Å². The maximum atomic E-state index is 11.9. The van der Waals surface area contributed by atoms with Crippen LogP contribution in [0.1, 0.15) is 44.0 Å². The van der Waals surface area contributed by atoms with E-state index in [1.807, 2.05) is 38.1 Å². The standard InChI is InChI=1S/C16H16N2O2/c1-15(2)9-7-8-16(15,14(19)20)13-12(9)17-10-5-3-4-6-11(10)18-13/h3-6,9H,7-8H2,1-2H3,(H,19,20)/p-1/t9-,16+/m1/s1. The number of para-hydroxylation sites is 2. The summed E-state index contributed by atoms with van der Waals surface area (Å²) in [7, 11) is 0. The van der Waals surface area contributed by atoms with Crippen LogP contribution in [0.3, 0.4) is 0 Å². The number of carboxylic acid groups (broad SMARTS) is 1. The number of aliphatic carboxylic acids is 1. The van der Waals surface area contributed by atoms with Crippen LogP contribution in [0.25, 0.3) is 11.0 Å². The lowest BCUT2D eigenvalue weighted by atomic mass is 9.68. The van der Waals surface area contributed by atoms with Gasteiger partial charge in [-0.1, -0.05) is 26.0 Å². The molecule has 1 saturated carbocycles. The van der Waals surface area contributed by atoms with Gasteiger partial charge in [-0.3, -0.25) is 0 Å². The molecule has 2 aromatic rings. The van der Waals surface area contributed by atoms with Crippen molar-refractivity contribution < 1.29 is 9.90 Å². The van der Waals surface area contributed by atoms with Crippen molar-refractivity contribution in [2.24, 2.45) is 5.41 Å². The van der Waals surface area contributed by atoms with Crippen LogP contribution in [0.15, 0.2) is 24.3 Å². The van der Waals surface area contributed by atoms with Gasteiger partial charge in [-0.05, 0) is 30.4 Å². The van der Waals surface area contributed by atoms with Crippen LogP contribution in [-0.2, 0) is 10.2 Å². The van der Waals surface area contributed by atoms with E-state index in [2.05, 4.69) is 4.98 Å². The third kappa shape index (κ3) is 1.08. The highest BCUT2D eigenvalue weighted by atomic mass is 16.4. The third-order valence-electron chi connectivity index (χ3n) is 5.46. The summed E-state index contributed by atoms with van der Waals surface area (Å²) in [6.07, 6.45) is 1.45. The Kier molecular flexibility index (Phi) is 1.99. The molecule has 1 fully saturated rings. The number of rotatable bonds is 1. The summed E-state index contributed by atoms with van der Waals surface area (Å²) < 4.78 is 0. The minimum Gasteiger partial charge on any atom is -0.549 e. The van der Waals surface area contributed by atoms with Crippen molar-refractivity contribution in [3.63, 3.8) is 0 Å². The Labute approximate surface area is 116 Å². The molecule has 4 rings (SSSR count). The molecule has 1 heterocycles. The van der Waals surface area contributed by atoms with Gasteiger partial charge < -0.3 is 9.90 Å². The number of benzene rings is 1. The lowest BCUT2D eigenvalue weighted by Gasteiger charge is -2.38. The first-order chi connectivity index (χ1) is 9.48. The minimum atomic E-state index is -1.01. The van der Waals surface area contributed by atoms with E-state index in [0.29, 0.717) is 12.1 Å². The van der Waals surface area contributed by atoms with Crippen molar-refractivity contribution in [1.29, 1.82) is 0 Å². The van der Waals surface area contributed by atoms with Gasteiger partial charge in [0.05, 0.1) is 33.8 Å². The van der Waals surface area contributed by atoms with E-state index in [0.717, 1.165) is 23.1 Å². The Bertz CT molecular complexity index is 753. The van der Waals surface area contributed by atoms with Gasteiger partial charge in [-0.2, -0.15) is 0 Å². The van der Waals surface area contributed by atoms with Gasteiger partial charge >= 0.3 is 0 Å². The van der Waals surface area contributed by atoms with Gasteiger partial charge in [0.25, 0.3) is 0 Å². The summed E-state index contributed by atoms with van der Waals surface area (Å²) in [4.78, 5) is 21.3. The highest BCUT2D eigenvalue weighted by Crippen LogP contribution is 2.66.